The molecular weight excluding hydrogens is 785 g/mol. The van der Waals surface area contributed by atoms with Gasteiger partial charge in [0.1, 0.15) is 0 Å². The molecule has 0 saturated carbocycles. The maximum absolute atomic E-state index is 5.64. The molecule has 5 heteroatoms. The van der Waals surface area contributed by atoms with E-state index in [0.717, 1.165) is 71.4 Å². The minimum atomic E-state index is 0.646. The van der Waals surface area contributed by atoms with Crippen LogP contribution in [0.2, 0.25) is 0 Å². The Labute approximate surface area is 367 Å². The van der Waals surface area contributed by atoms with Gasteiger partial charge in [0.25, 0.3) is 0 Å². The molecule has 0 aliphatic rings. The van der Waals surface area contributed by atoms with E-state index < -0.39 is 0 Å². The number of para-hydroxylation sites is 2. The molecule has 4 nitrogen and oxygen atoms in total. The van der Waals surface area contributed by atoms with Crippen LogP contribution in [0.25, 0.3) is 120 Å². The van der Waals surface area contributed by atoms with Gasteiger partial charge in [-0.15, -0.1) is 11.3 Å². The Kier molecular flexibility index (Phi) is 8.05. The van der Waals surface area contributed by atoms with Crippen molar-refractivity contribution < 1.29 is 0 Å². The molecule has 0 bridgehead atoms. The molecule has 0 aliphatic heterocycles. The first-order valence-corrected chi connectivity index (χ1v) is 22.1. The van der Waals surface area contributed by atoms with Crippen LogP contribution in [0.5, 0.6) is 0 Å². The molecular formula is C58H36N4S. The minimum Gasteiger partial charge on any atom is -0.309 e. The quantitative estimate of drug-likeness (QED) is 0.167. The van der Waals surface area contributed by atoms with Crippen LogP contribution in [0.15, 0.2) is 218 Å². The van der Waals surface area contributed by atoms with Crippen molar-refractivity contribution in [3.05, 3.63) is 218 Å². The maximum atomic E-state index is 5.64. The number of hydrogen-bond donors (Lipinski definition) is 0. The molecule has 0 atom stereocenters. The Morgan fingerprint density at radius 2 is 0.952 bits per heavy atom. The van der Waals surface area contributed by atoms with E-state index in [9.17, 15) is 0 Å². The summed E-state index contributed by atoms with van der Waals surface area (Å²) in [4.78, 5) is 12.4. The number of thiophene rings is 1. The molecule has 13 aromatic rings. The van der Waals surface area contributed by atoms with Gasteiger partial charge in [0.2, 0.25) is 5.95 Å². The fourth-order valence-electron chi connectivity index (χ4n) is 9.71. The molecule has 0 fully saturated rings. The predicted octanol–water partition coefficient (Wildman–Crippen LogP) is 15.7. The molecule has 9 aromatic carbocycles. The molecule has 63 heavy (non-hydrogen) atoms. The SMILES string of the molecule is c1ccc(-c2sc3c(-c4ccccc4)nc(-n4c5ccc(-c6ccc7c8ccccc8n(-c8ccccc8)c7c6)cc5c5c6ccccc6ccc54)nc3c2-c2ccccc2)cc1. The molecule has 4 heterocycles. The first kappa shape index (κ1) is 35.6. The summed E-state index contributed by atoms with van der Waals surface area (Å²) in [5.41, 5.74) is 14.3. The molecule has 0 spiro atoms. The molecule has 0 N–H and O–H groups in total. The Morgan fingerprint density at radius 3 is 1.73 bits per heavy atom. The number of hydrogen-bond acceptors (Lipinski definition) is 3. The largest absolute Gasteiger partial charge is 0.309 e. The third kappa shape index (κ3) is 5.60. The average molecular weight is 821 g/mol. The van der Waals surface area contributed by atoms with E-state index in [-0.39, 0.29) is 0 Å². The summed E-state index contributed by atoms with van der Waals surface area (Å²) in [5.74, 6) is 0.646. The standard InChI is InChI=1S/C58H36N4S/c1-5-18-38(19-6-1)52-55-57(63-56(52)40-22-9-3-10-23-40)54(39-20-7-2-8-21-39)59-58(60-55)62-49-33-31-41(35-47(49)53-44-26-14-13-17-37(44)30-34-50(53)62)42-29-32-46-45-27-15-16-28-48(45)61(51(46)36-42)43-24-11-4-12-25-43/h1-36H. The van der Waals surface area contributed by atoms with Crippen LogP contribution < -0.4 is 0 Å². The van der Waals surface area contributed by atoms with Crippen molar-refractivity contribution in [1.29, 1.82) is 0 Å². The van der Waals surface area contributed by atoms with Crippen LogP contribution >= 0.6 is 11.3 Å². The lowest BCUT2D eigenvalue weighted by Gasteiger charge is -2.11. The fourth-order valence-corrected chi connectivity index (χ4v) is 11.0. The topological polar surface area (TPSA) is 35.6 Å². The Bertz CT molecular complexity index is 3890. The number of fused-ring (bicyclic) bond motifs is 9. The monoisotopic (exact) mass is 820 g/mol. The molecule has 0 unspecified atom stereocenters. The van der Waals surface area contributed by atoms with Crippen LogP contribution in [-0.4, -0.2) is 19.1 Å². The van der Waals surface area contributed by atoms with Crippen molar-refractivity contribution in [3.63, 3.8) is 0 Å². The molecule has 294 valence electrons. The van der Waals surface area contributed by atoms with Gasteiger partial charge in [-0.2, -0.15) is 0 Å². The van der Waals surface area contributed by atoms with E-state index in [1.807, 2.05) is 0 Å². The summed E-state index contributed by atoms with van der Waals surface area (Å²) in [6, 6.07) is 78.4. The van der Waals surface area contributed by atoms with Crippen LogP contribution in [0.4, 0.5) is 0 Å². The fraction of sp³-hybridized carbons (Fsp3) is 0. The summed E-state index contributed by atoms with van der Waals surface area (Å²) in [7, 11) is 0. The van der Waals surface area contributed by atoms with Crippen molar-refractivity contribution in [2.24, 2.45) is 0 Å². The molecule has 0 saturated heterocycles. The maximum Gasteiger partial charge on any atom is 0.235 e. The predicted molar refractivity (Wildman–Crippen MR) is 265 cm³/mol. The Hall–Kier alpha value is -8.12. The lowest BCUT2D eigenvalue weighted by atomic mass is 9.99. The Balaban J connectivity index is 1.10. The van der Waals surface area contributed by atoms with Crippen molar-refractivity contribution in [3.8, 4) is 55.6 Å². The Morgan fingerprint density at radius 1 is 0.365 bits per heavy atom. The van der Waals surface area contributed by atoms with E-state index in [4.69, 9.17) is 9.97 Å². The van der Waals surface area contributed by atoms with Gasteiger partial charge in [0, 0.05) is 43.2 Å². The van der Waals surface area contributed by atoms with Gasteiger partial charge in [0.15, 0.2) is 0 Å². The summed E-state index contributed by atoms with van der Waals surface area (Å²) in [6.45, 7) is 0. The molecule has 0 aliphatic carbocycles. The van der Waals surface area contributed by atoms with E-state index in [0.29, 0.717) is 5.95 Å². The van der Waals surface area contributed by atoms with Crippen molar-refractivity contribution in [2.75, 3.05) is 0 Å². The summed E-state index contributed by atoms with van der Waals surface area (Å²) in [6.07, 6.45) is 0. The van der Waals surface area contributed by atoms with Crippen molar-refractivity contribution in [2.45, 2.75) is 0 Å². The summed E-state index contributed by atoms with van der Waals surface area (Å²) in [5, 5.41) is 7.23. The average Bonchev–Trinajstić information content (AvgIpc) is 4.02. The third-order valence-electron chi connectivity index (χ3n) is 12.5. The molecule has 13 rings (SSSR count). The smallest absolute Gasteiger partial charge is 0.235 e. The first-order valence-electron chi connectivity index (χ1n) is 21.3. The van der Waals surface area contributed by atoms with Crippen LogP contribution in [-0.2, 0) is 0 Å². The lowest BCUT2D eigenvalue weighted by molar-refractivity contribution is 1.02. The first-order chi connectivity index (χ1) is 31.3. The second-order valence-electron chi connectivity index (χ2n) is 16.1. The number of aromatic nitrogens is 4. The van der Waals surface area contributed by atoms with Gasteiger partial charge in [-0.3, -0.25) is 4.57 Å². The highest BCUT2D eigenvalue weighted by atomic mass is 32.1. The van der Waals surface area contributed by atoms with Crippen molar-refractivity contribution >= 4 is 75.9 Å². The highest BCUT2D eigenvalue weighted by Crippen LogP contribution is 2.48. The van der Waals surface area contributed by atoms with Gasteiger partial charge >= 0.3 is 0 Å². The van der Waals surface area contributed by atoms with Gasteiger partial charge in [-0.05, 0) is 75.5 Å². The zero-order valence-corrected chi connectivity index (χ0v) is 34.8. The zero-order chi connectivity index (χ0) is 41.4. The van der Waals surface area contributed by atoms with Gasteiger partial charge in [-0.1, -0.05) is 176 Å². The number of nitrogens with zero attached hydrogens (tertiary/aromatic N) is 4. The summed E-state index contributed by atoms with van der Waals surface area (Å²) >= 11 is 1.77. The van der Waals surface area contributed by atoms with Gasteiger partial charge in [0.05, 0.1) is 38.0 Å². The van der Waals surface area contributed by atoms with E-state index in [2.05, 4.69) is 228 Å². The highest BCUT2D eigenvalue weighted by Gasteiger charge is 2.25. The highest BCUT2D eigenvalue weighted by molar-refractivity contribution is 7.23. The van der Waals surface area contributed by atoms with E-state index in [1.165, 1.54) is 42.8 Å². The number of rotatable bonds is 6. The van der Waals surface area contributed by atoms with E-state index in [1.54, 1.807) is 11.3 Å². The molecule has 4 aromatic heterocycles. The van der Waals surface area contributed by atoms with Crippen LogP contribution in [0, 0.1) is 0 Å². The second kappa shape index (κ2) is 14.2. The molecule has 0 radical (unpaired) electrons. The third-order valence-corrected chi connectivity index (χ3v) is 13.8. The number of benzene rings is 9. The van der Waals surface area contributed by atoms with Crippen LogP contribution in [0.3, 0.4) is 0 Å². The van der Waals surface area contributed by atoms with E-state index >= 15 is 0 Å². The minimum absolute atomic E-state index is 0.646. The van der Waals surface area contributed by atoms with Gasteiger partial charge < -0.3 is 4.57 Å². The summed E-state index contributed by atoms with van der Waals surface area (Å²) < 4.78 is 5.75. The van der Waals surface area contributed by atoms with Crippen LogP contribution in [0.1, 0.15) is 0 Å². The normalized spacial score (nSPS) is 11.8. The lowest BCUT2D eigenvalue weighted by Crippen LogP contribution is -2.03. The van der Waals surface area contributed by atoms with Gasteiger partial charge in [-0.25, -0.2) is 9.97 Å². The second-order valence-corrected chi connectivity index (χ2v) is 17.1. The van der Waals surface area contributed by atoms with Crippen molar-refractivity contribution in [1.82, 2.24) is 19.1 Å². The zero-order valence-electron chi connectivity index (χ0n) is 34.0. The molecule has 0 amide bonds.